The molecule has 0 bridgehead atoms. The average molecular weight is 161 g/mol. The molecule has 0 saturated carbocycles. The fraction of sp³-hybridized carbons (Fsp3) is 0.833. The van der Waals surface area contributed by atoms with Crippen molar-refractivity contribution in [1.29, 1.82) is 0 Å². The Hall–Kier alpha value is -0.650. The molecule has 1 heterocycles. The number of nitrogens with one attached hydrogen (secondary N) is 1. The van der Waals surface area contributed by atoms with Gasteiger partial charge in [-0.3, -0.25) is 4.79 Å². The van der Waals surface area contributed by atoms with E-state index in [-0.39, 0.29) is 6.10 Å². The highest BCUT2D eigenvalue weighted by Crippen LogP contribution is 2.09. The summed E-state index contributed by atoms with van der Waals surface area (Å²) in [6.45, 7) is 0.533. The Morgan fingerprint density at radius 3 is 2.91 bits per heavy atom. The molecule has 1 aliphatic rings. The summed E-state index contributed by atoms with van der Waals surface area (Å²) >= 11 is 0. The second-order valence-corrected chi connectivity index (χ2v) is 2.42. The molecule has 2 atom stereocenters. The van der Waals surface area contributed by atoms with Crippen LogP contribution in [0.2, 0.25) is 0 Å². The quantitative estimate of drug-likeness (QED) is 0.426. The lowest BCUT2D eigenvalue weighted by Crippen LogP contribution is -2.29. The lowest BCUT2D eigenvalue weighted by Gasteiger charge is -2.05. The van der Waals surface area contributed by atoms with Gasteiger partial charge in [0.1, 0.15) is 12.1 Å². The highest BCUT2D eigenvalue weighted by Gasteiger charge is 2.30. The zero-order valence-corrected chi connectivity index (χ0v) is 6.24. The Kier molecular flexibility index (Phi) is 2.81. The van der Waals surface area contributed by atoms with Crippen molar-refractivity contribution in [2.75, 3.05) is 13.7 Å². The van der Waals surface area contributed by atoms with Gasteiger partial charge in [-0.25, -0.2) is 9.78 Å². The van der Waals surface area contributed by atoms with Crippen molar-refractivity contribution >= 4 is 5.97 Å². The molecule has 1 unspecified atom stereocenters. The Bertz CT molecular complexity index is 150. The summed E-state index contributed by atoms with van der Waals surface area (Å²) in [6, 6.07) is -0.491. The van der Waals surface area contributed by atoms with E-state index in [0.29, 0.717) is 13.0 Å². The number of carbonyl (C=O) groups is 1. The van der Waals surface area contributed by atoms with E-state index in [4.69, 9.17) is 9.99 Å². The van der Waals surface area contributed by atoms with Crippen LogP contribution < -0.4 is 5.32 Å². The summed E-state index contributed by atoms with van der Waals surface area (Å²) in [5.74, 6) is -0.841. The van der Waals surface area contributed by atoms with E-state index in [9.17, 15) is 4.79 Å². The number of carboxylic acid groups (broad SMARTS) is 1. The van der Waals surface area contributed by atoms with Crippen LogP contribution in [0, 0.1) is 0 Å². The largest absolute Gasteiger partial charge is 0.480 e. The second-order valence-electron chi connectivity index (χ2n) is 2.42. The minimum atomic E-state index is -0.841. The summed E-state index contributed by atoms with van der Waals surface area (Å²) in [5, 5.41) is 11.3. The first-order valence-electron chi connectivity index (χ1n) is 3.39. The van der Waals surface area contributed by atoms with Gasteiger partial charge in [0.05, 0.1) is 7.11 Å². The van der Waals surface area contributed by atoms with E-state index < -0.39 is 12.0 Å². The van der Waals surface area contributed by atoms with Gasteiger partial charge in [0, 0.05) is 13.0 Å². The van der Waals surface area contributed by atoms with Crippen LogP contribution in [-0.4, -0.2) is 36.9 Å². The van der Waals surface area contributed by atoms with Crippen LogP contribution >= 0.6 is 0 Å². The molecule has 0 aliphatic carbocycles. The first-order chi connectivity index (χ1) is 5.24. The topological polar surface area (TPSA) is 67.8 Å². The SMILES string of the molecule is COOC1CN[C@H](C(=O)O)C1. The van der Waals surface area contributed by atoms with Gasteiger partial charge in [0.2, 0.25) is 0 Å². The molecule has 1 rings (SSSR count). The molecule has 1 fully saturated rings. The van der Waals surface area contributed by atoms with E-state index in [0.717, 1.165) is 0 Å². The highest BCUT2D eigenvalue weighted by molar-refractivity contribution is 5.73. The first kappa shape index (κ1) is 8.45. The highest BCUT2D eigenvalue weighted by atomic mass is 17.2. The maximum atomic E-state index is 10.4. The predicted octanol–water partition coefficient (Wildman–Crippen LogP) is -0.620. The van der Waals surface area contributed by atoms with Gasteiger partial charge in [-0.05, 0) is 0 Å². The van der Waals surface area contributed by atoms with E-state index >= 15 is 0 Å². The van der Waals surface area contributed by atoms with E-state index in [1.165, 1.54) is 7.11 Å². The van der Waals surface area contributed by atoms with Crippen molar-refractivity contribution in [2.24, 2.45) is 0 Å². The van der Waals surface area contributed by atoms with Crippen LogP contribution in [0.5, 0.6) is 0 Å². The molecule has 1 saturated heterocycles. The van der Waals surface area contributed by atoms with E-state index in [1.807, 2.05) is 0 Å². The average Bonchev–Trinajstić information content (AvgIpc) is 2.37. The van der Waals surface area contributed by atoms with Gasteiger partial charge in [-0.1, -0.05) is 0 Å². The van der Waals surface area contributed by atoms with Gasteiger partial charge in [0.25, 0.3) is 0 Å². The molecule has 0 spiro atoms. The molecule has 0 aromatic heterocycles. The third-order valence-corrected chi connectivity index (χ3v) is 1.62. The molecule has 64 valence electrons. The molecule has 0 aromatic carbocycles. The molecule has 0 radical (unpaired) electrons. The monoisotopic (exact) mass is 161 g/mol. The Balaban J connectivity index is 2.29. The first-order valence-corrected chi connectivity index (χ1v) is 3.39. The fourth-order valence-electron chi connectivity index (χ4n) is 1.10. The molecule has 5 heteroatoms. The van der Waals surface area contributed by atoms with E-state index in [1.54, 1.807) is 0 Å². The third-order valence-electron chi connectivity index (χ3n) is 1.62. The van der Waals surface area contributed by atoms with Crippen molar-refractivity contribution in [3.63, 3.8) is 0 Å². The number of aliphatic carboxylic acids is 1. The molecule has 5 nitrogen and oxygen atoms in total. The zero-order valence-electron chi connectivity index (χ0n) is 6.24. The fourth-order valence-corrected chi connectivity index (χ4v) is 1.10. The van der Waals surface area contributed by atoms with Gasteiger partial charge in [0.15, 0.2) is 0 Å². The molecule has 11 heavy (non-hydrogen) atoms. The summed E-state index contributed by atoms with van der Waals surface area (Å²) in [7, 11) is 1.41. The molecule has 1 aliphatic heterocycles. The lowest BCUT2D eigenvalue weighted by atomic mass is 10.2. The molecular weight excluding hydrogens is 150 g/mol. The summed E-state index contributed by atoms with van der Waals surface area (Å²) in [6.07, 6.45) is 0.324. The maximum Gasteiger partial charge on any atom is 0.320 e. The molecule has 0 amide bonds. The predicted molar refractivity (Wildman–Crippen MR) is 35.9 cm³/mol. The number of rotatable bonds is 3. The van der Waals surface area contributed by atoms with Gasteiger partial charge in [-0.15, -0.1) is 0 Å². The Morgan fingerprint density at radius 2 is 2.45 bits per heavy atom. The van der Waals surface area contributed by atoms with Crippen LogP contribution in [0.4, 0.5) is 0 Å². The minimum absolute atomic E-state index is 0.138. The van der Waals surface area contributed by atoms with Gasteiger partial charge >= 0.3 is 5.97 Å². The lowest BCUT2D eigenvalue weighted by molar-refractivity contribution is -0.300. The van der Waals surface area contributed by atoms with Crippen molar-refractivity contribution < 1.29 is 19.7 Å². The summed E-state index contributed by atoms with van der Waals surface area (Å²) in [4.78, 5) is 19.6. The van der Waals surface area contributed by atoms with Crippen molar-refractivity contribution in [3.05, 3.63) is 0 Å². The molecule has 2 N–H and O–H groups in total. The summed E-state index contributed by atoms with van der Waals surface area (Å²) in [5.41, 5.74) is 0. The summed E-state index contributed by atoms with van der Waals surface area (Å²) < 4.78 is 0. The van der Waals surface area contributed by atoms with E-state index in [2.05, 4.69) is 10.2 Å². The Labute approximate surface area is 64.2 Å². The smallest absolute Gasteiger partial charge is 0.320 e. The normalized spacial score (nSPS) is 30.6. The van der Waals surface area contributed by atoms with Crippen LogP contribution in [0.3, 0.4) is 0 Å². The zero-order chi connectivity index (χ0) is 8.27. The minimum Gasteiger partial charge on any atom is -0.480 e. The molecular formula is C6H11NO4. The number of hydrogen-bond donors (Lipinski definition) is 2. The number of carboxylic acids is 1. The van der Waals surface area contributed by atoms with Crippen LogP contribution in [0.1, 0.15) is 6.42 Å². The standard InChI is InChI=1S/C6H11NO4/c1-10-11-4-2-5(6(8)9)7-3-4/h4-5,7H,2-3H2,1H3,(H,8,9)/t4?,5-/m0/s1. The number of hydrogen-bond acceptors (Lipinski definition) is 4. The van der Waals surface area contributed by atoms with Crippen molar-refractivity contribution in [2.45, 2.75) is 18.6 Å². The third kappa shape index (κ3) is 2.14. The van der Waals surface area contributed by atoms with Gasteiger partial charge < -0.3 is 10.4 Å². The maximum absolute atomic E-state index is 10.4. The van der Waals surface area contributed by atoms with Crippen LogP contribution in [0.15, 0.2) is 0 Å². The van der Waals surface area contributed by atoms with Crippen molar-refractivity contribution in [3.8, 4) is 0 Å². The van der Waals surface area contributed by atoms with Crippen LogP contribution in [0.25, 0.3) is 0 Å². The molecule has 0 aromatic rings. The van der Waals surface area contributed by atoms with Gasteiger partial charge in [-0.2, -0.15) is 0 Å². The second kappa shape index (κ2) is 3.66. The Morgan fingerprint density at radius 1 is 1.73 bits per heavy atom. The van der Waals surface area contributed by atoms with Crippen LogP contribution in [-0.2, 0) is 14.6 Å². The van der Waals surface area contributed by atoms with Crippen molar-refractivity contribution in [1.82, 2.24) is 5.32 Å².